The highest BCUT2D eigenvalue weighted by Gasteiger charge is 2.20. The van der Waals surface area contributed by atoms with Gasteiger partial charge in [0.05, 0.1) is 11.8 Å². The molecule has 0 spiro atoms. The lowest BCUT2D eigenvalue weighted by molar-refractivity contribution is 0.0689. The smallest absolute Gasteiger partial charge is 0.353 e. The van der Waals surface area contributed by atoms with Gasteiger partial charge in [-0.1, -0.05) is 18.2 Å². The summed E-state index contributed by atoms with van der Waals surface area (Å²) in [5.74, 6) is -1.26. The first-order valence-electron chi connectivity index (χ1n) is 4.45. The minimum absolute atomic E-state index is 0.247. The van der Waals surface area contributed by atoms with E-state index in [1.165, 1.54) is 6.07 Å². The van der Waals surface area contributed by atoms with E-state index in [2.05, 4.69) is 0 Å². The first-order valence-corrected chi connectivity index (χ1v) is 6.30. The van der Waals surface area contributed by atoms with E-state index in [-0.39, 0.29) is 5.69 Å². The van der Waals surface area contributed by atoms with Crippen molar-refractivity contribution in [2.24, 2.45) is 0 Å². The molecule has 1 aromatic carbocycles. The molecule has 6 heteroatoms. The van der Waals surface area contributed by atoms with Crippen molar-refractivity contribution in [1.82, 2.24) is 3.97 Å². The van der Waals surface area contributed by atoms with Crippen molar-refractivity contribution >= 4 is 26.9 Å². The number of carboxylic acid groups (broad SMARTS) is 1. The molecule has 1 aromatic heterocycles. The molecule has 2 aromatic rings. The van der Waals surface area contributed by atoms with Crippen LogP contribution in [0.1, 0.15) is 10.5 Å². The summed E-state index contributed by atoms with van der Waals surface area (Å²) < 4.78 is 23.9. The third-order valence-corrected chi connectivity index (χ3v) is 3.27. The summed E-state index contributed by atoms with van der Waals surface area (Å²) >= 11 is 0. The van der Waals surface area contributed by atoms with E-state index in [1.54, 1.807) is 24.3 Å². The molecule has 0 bridgehead atoms. The van der Waals surface area contributed by atoms with Gasteiger partial charge in [0.25, 0.3) is 0 Å². The van der Waals surface area contributed by atoms with Crippen LogP contribution in [0.4, 0.5) is 0 Å². The van der Waals surface area contributed by atoms with Crippen molar-refractivity contribution in [2.75, 3.05) is 6.26 Å². The second-order valence-electron chi connectivity index (χ2n) is 3.42. The standard InChI is InChI=1S/C10H9NO4S/c1-16(14,15)11-8-5-3-2-4-7(8)6-9(11)10(12)13/h2-6H,1H3,(H,12,13). The number of rotatable bonds is 2. The molecule has 1 N–H and O–H groups in total. The molecule has 0 saturated carbocycles. The fourth-order valence-corrected chi connectivity index (χ4v) is 2.65. The lowest BCUT2D eigenvalue weighted by Crippen LogP contribution is -2.16. The van der Waals surface area contributed by atoms with Crippen molar-refractivity contribution in [3.8, 4) is 0 Å². The van der Waals surface area contributed by atoms with Gasteiger partial charge in [0.15, 0.2) is 0 Å². The topological polar surface area (TPSA) is 76.4 Å². The Kier molecular flexibility index (Phi) is 2.23. The second-order valence-corrected chi connectivity index (χ2v) is 5.25. The number of aromatic nitrogens is 1. The SMILES string of the molecule is CS(=O)(=O)n1c(C(=O)O)cc2ccccc21. The van der Waals surface area contributed by atoms with E-state index in [0.29, 0.717) is 10.9 Å². The fraction of sp³-hybridized carbons (Fsp3) is 0.100. The second kappa shape index (κ2) is 3.34. The predicted molar refractivity (Wildman–Crippen MR) is 59.1 cm³/mol. The molecule has 0 atom stereocenters. The van der Waals surface area contributed by atoms with Gasteiger partial charge < -0.3 is 5.11 Å². The summed E-state index contributed by atoms with van der Waals surface area (Å²) in [6, 6.07) is 7.97. The average molecular weight is 239 g/mol. The van der Waals surface area contributed by atoms with Crippen LogP contribution in [0.3, 0.4) is 0 Å². The van der Waals surface area contributed by atoms with Crippen LogP contribution in [0.2, 0.25) is 0 Å². The van der Waals surface area contributed by atoms with Gasteiger partial charge in [0.1, 0.15) is 5.69 Å². The number of aromatic carboxylic acids is 1. The lowest BCUT2D eigenvalue weighted by Gasteiger charge is -2.04. The Hall–Kier alpha value is -1.82. The average Bonchev–Trinajstić information content (AvgIpc) is 2.55. The first kappa shape index (κ1) is 10.7. The summed E-state index contributed by atoms with van der Waals surface area (Å²) in [5.41, 5.74) is 0.131. The van der Waals surface area contributed by atoms with Crippen molar-refractivity contribution in [2.45, 2.75) is 0 Å². The van der Waals surface area contributed by atoms with Crippen LogP contribution in [0, 0.1) is 0 Å². The monoisotopic (exact) mass is 239 g/mol. The molecule has 1 heterocycles. The van der Waals surface area contributed by atoms with E-state index in [1.807, 2.05) is 0 Å². The molecule has 5 nitrogen and oxygen atoms in total. The van der Waals surface area contributed by atoms with E-state index < -0.39 is 16.0 Å². The van der Waals surface area contributed by atoms with Crippen LogP contribution in [-0.4, -0.2) is 29.7 Å². The predicted octanol–water partition coefficient (Wildman–Crippen LogP) is 1.15. The highest BCUT2D eigenvalue weighted by atomic mass is 32.2. The quantitative estimate of drug-likeness (QED) is 0.852. The number of hydrogen-bond donors (Lipinski definition) is 1. The number of para-hydroxylation sites is 1. The summed E-state index contributed by atoms with van der Waals surface area (Å²) in [7, 11) is -3.63. The summed E-state index contributed by atoms with van der Waals surface area (Å²) in [5, 5.41) is 9.53. The van der Waals surface area contributed by atoms with Crippen LogP contribution in [-0.2, 0) is 10.0 Å². The molecule has 16 heavy (non-hydrogen) atoms. The van der Waals surface area contributed by atoms with Gasteiger partial charge in [-0.15, -0.1) is 0 Å². The summed E-state index contributed by atoms with van der Waals surface area (Å²) in [4.78, 5) is 11.0. The van der Waals surface area contributed by atoms with E-state index in [4.69, 9.17) is 5.11 Å². The molecule has 0 aliphatic heterocycles. The number of hydrogen-bond acceptors (Lipinski definition) is 3. The van der Waals surface area contributed by atoms with Crippen molar-refractivity contribution < 1.29 is 18.3 Å². The molecule has 0 aliphatic rings. The molecule has 2 rings (SSSR count). The normalized spacial score (nSPS) is 11.8. The maximum absolute atomic E-state index is 11.5. The number of fused-ring (bicyclic) bond motifs is 1. The van der Waals surface area contributed by atoms with Crippen LogP contribution in [0.15, 0.2) is 30.3 Å². The van der Waals surface area contributed by atoms with Gasteiger partial charge in [-0.3, -0.25) is 0 Å². The van der Waals surface area contributed by atoms with Crippen molar-refractivity contribution in [1.29, 1.82) is 0 Å². The third-order valence-electron chi connectivity index (χ3n) is 2.22. The third kappa shape index (κ3) is 1.57. The highest BCUT2D eigenvalue weighted by molar-refractivity contribution is 7.89. The van der Waals surface area contributed by atoms with Gasteiger partial charge in [-0.25, -0.2) is 17.2 Å². The van der Waals surface area contributed by atoms with Crippen LogP contribution < -0.4 is 0 Å². The molecular formula is C10H9NO4S. The summed E-state index contributed by atoms with van der Waals surface area (Å²) in [6.45, 7) is 0. The molecule has 0 amide bonds. The van der Waals surface area contributed by atoms with Crippen LogP contribution >= 0.6 is 0 Å². The first-order chi connectivity index (χ1) is 7.41. The number of nitrogens with zero attached hydrogens (tertiary/aromatic N) is 1. The fourth-order valence-electron chi connectivity index (χ4n) is 1.64. The Labute approximate surface area is 92.0 Å². The van der Waals surface area contributed by atoms with Gasteiger partial charge in [0, 0.05) is 5.39 Å². The van der Waals surface area contributed by atoms with E-state index in [9.17, 15) is 13.2 Å². The number of benzene rings is 1. The molecule has 84 valence electrons. The Morgan fingerprint density at radius 2 is 1.94 bits per heavy atom. The van der Waals surface area contributed by atoms with Gasteiger partial charge in [-0.2, -0.15) is 0 Å². The van der Waals surface area contributed by atoms with E-state index in [0.717, 1.165) is 10.2 Å². The zero-order valence-corrected chi connectivity index (χ0v) is 9.23. The van der Waals surface area contributed by atoms with Crippen LogP contribution in [0.25, 0.3) is 10.9 Å². The maximum atomic E-state index is 11.5. The Morgan fingerprint density at radius 1 is 1.31 bits per heavy atom. The van der Waals surface area contributed by atoms with Gasteiger partial charge in [0.2, 0.25) is 10.0 Å². The molecule has 0 aliphatic carbocycles. The zero-order valence-electron chi connectivity index (χ0n) is 8.41. The Bertz CT molecular complexity index is 669. The zero-order chi connectivity index (χ0) is 11.9. The Balaban J connectivity index is 2.97. The van der Waals surface area contributed by atoms with Crippen molar-refractivity contribution in [3.63, 3.8) is 0 Å². The molecule has 0 fully saturated rings. The van der Waals surface area contributed by atoms with E-state index >= 15 is 0 Å². The Morgan fingerprint density at radius 3 is 2.50 bits per heavy atom. The molecule has 0 saturated heterocycles. The van der Waals surface area contributed by atoms with Gasteiger partial charge in [-0.05, 0) is 12.1 Å². The van der Waals surface area contributed by atoms with Crippen LogP contribution in [0.5, 0.6) is 0 Å². The minimum Gasteiger partial charge on any atom is -0.477 e. The molecule has 0 unspecified atom stereocenters. The molecular weight excluding hydrogens is 230 g/mol. The highest BCUT2D eigenvalue weighted by Crippen LogP contribution is 2.21. The number of carboxylic acids is 1. The van der Waals surface area contributed by atoms with Crippen molar-refractivity contribution in [3.05, 3.63) is 36.0 Å². The lowest BCUT2D eigenvalue weighted by atomic mass is 10.2. The largest absolute Gasteiger partial charge is 0.477 e. The van der Waals surface area contributed by atoms with Gasteiger partial charge >= 0.3 is 5.97 Å². The maximum Gasteiger partial charge on any atom is 0.353 e. The number of carbonyl (C=O) groups is 1. The molecule has 0 radical (unpaired) electrons. The minimum atomic E-state index is -3.63. The summed E-state index contributed by atoms with van der Waals surface area (Å²) in [6.07, 6.45) is 0.978.